The third-order valence-corrected chi connectivity index (χ3v) is 6.12. The van der Waals surface area contributed by atoms with Crippen LogP contribution in [0.4, 0.5) is 0 Å². The van der Waals surface area contributed by atoms with Gasteiger partial charge < -0.3 is 10.2 Å². The first kappa shape index (κ1) is 13.3. The molecule has 1 heterocycles. The predicted octanol–water partition coefficient (Wildman–Crippen LogP) is -0.248. The van der Waals surface area contributed by atoms with Gasteiger partial charge in [-0.3, -0.25) is 0 Å². The summed E-state index contributed by atoms with van der Waals surface area (Å²) in [6.45, 7) is 1.95. The Labute approximate surface area is 104 Å². The minimum atomic E-state index is -3.14. The highest BCUT2D eigenvalue weighted by molar-refractivity contribution is 7.90. The highest BCUT2D eigenvalue weighted by Gasteiger charge is 2.40. The minimum Gasteiger partial charge on any atom is -0.315 e. The Morgan fingerprint density at radius 1 is 1.41 bits per heavy atom. The first-order chi connectivity index (χ1) is 7.96. The Kier molecular flexibility index (Phi) is 3.77. The molecule has 0 aromatic carbocycles. The highest BCUT2D eigenvalue weighted by atomic mass is 32.2. The van der Waals surface area contributed by atoms with E-state index in [-0.39, 0.29) is 10.8 Å². The molecular weight excluding hydrogens is 238 g/mol. The lowest BCUT2D eigenvalue weighted by Gasteiger charge is -2.47. The van der Waals surface area contributed by atoms with E-state index in [0.717, 1.165) is 25.8 Å². The number of rotatable bonds is 5. The van der Waals surface area contributed by atoms with Crippen LogP contribution in [0.25, 0.3) is 0 Å². The number of likely N-dealkylation sites (N-methyl/N-ethyl adjacent to an activating group) is 1. The van der Waals surface area contributed by atoms with Gasteiger partial charge in [0.2, 0.25) is 10.0 Å². The summed E-state index contributed by atoms with van der Waals surface area (Å²) >= 11 is 0. The van der Waals surface area contributed by atoms with Gasteiger partial charge in [0.25, 0.3) is 0 Å². The average molecular weight is 261 g/mol. The van der Waals surface area contributed by atoms with Crippen LogP contribution in [0.5, 0.6) is 0 Å². The molecule has 1 saturated heterocycles. The van der Waals surface area contributed by atoms with E-state index >= 15 is 0 Å². The summed E-state index contributed by atoms with van der Waals surface area (Å²) in [6.07, 6.45) is 4.10. The smallest absolute Gasteiger partial charge is 0.215 e. The topological polar surface area (TPSA) is 61.4 Å². The Bertz CT molecular complexity index is 357. The molecule has 2 rings (SSSR count). The standard InChI is InChI=1S/C11H23N3O2S/c1-14(2)11(5-3-6-11)9-13-17(15,16)10-4-7-12-8-10/h10,12-13H,3-9H2,1-2H3. The van der Waals surface area contributed by atoms with Gasteiger partial charge in [-0.25, -0.2) is 13.1 Å². The van der Waals surface area contributed by atoms with E-state index in [1.807, 2.05) is 14.1 Å². The molecule has 6 heteroatoms. The lowest BCUT2D eigenvalue weighted by Crippen LogP contribution is -2.58. The van der Waals surface area contributed by atoms with Crippen LogP contribution in [0.15, 0.2) is 0 Å². The molecule has 5 nitrogen and oxygen atoms in total. The molecule has 1 aliphatic heterocycles. The van der Waals surface area contributed by atoms with Crippen molar-refractivity contribution < 1.29 is 8.42 Å². The van der Waals surface area contributed by atoms with Gasteiger partial charge in [0.05, 0.1) is 5.25 Å². The van der Waals surface area contributed by atoms with Gasteiger partial charge in [-0.05, 0) is 46.3 Å². The van der Waals surface area contributed by atoms with E-state index in [2.05, 4.69) is 14.9 Å². The Hall–Kier alpha value is -0.170. The van der Waals surface area contributed by atoms with Gasteiger partial charge in [0.1, 0.15) is 0 Å². The molecule has 17 heavy (non-hydrogen) atoms. The summed E-state index contributed by atoms with van der Waals surface area (Å²) in [4.78, 5) is 2.16. The first-order valence-electron chi connectivity index (χ1n) is 6.33. The third kappa shape index (κ3) is 2.65. The minimum absolute atomic E-state index is 0.0547. The van der Waals surface area contributed by atoms with Gasteiger partial charge in [-0.2, -0.15) is 0 Å². The molecule has 1 aliphatic carbocycles. The lowest BCUT2D eigenvalue weighted by atomic mass is 9.76. The van der Waals surface area contributed by atoms with Crippen molar-refractivity contribution in [3.05, 3.63) is 0 Å². The molecule has 1 atom stereocenters. The van der Waals surface area contributed by atoms with Gasteiger partial charge >= 0.3 is 0 Å². The van der Waals surface area contributed by atoms with Gasteiger partial charge in [-0.1, -0.05) is 0 Å². The Balaban J connectivity index is 1.92. The van der Waals surface area contributed by atoms with Gasteiger partial charge in [-0.15, -0.1) is 0 Å². The van der Waals surface area contributed by atoms with Crippen molar-refractivity contribution >= 4 is 10.0 Å². The molecule has 0 bridgehead atoms. The van der Waals surface area contributed by atoms with E-state index in [1.165, 1.54) is 6.42 Å². The normalized spacial score (nSPS) is 28.3. The third-order valence-electron chi connectivity index (χ3n) is 4.29. The van der Waals surface area contributed by atoms with Crippen molar-refractivity contribution in [3.63, 3.8) is 0 Å². The average Bonchev–Trinajstić information content (AvgIpc) is 2.68. The number of sulfonamides is 1. The monoisotopic (exact) mass is 261 g/mol. The van der Waals surface area contributed by atoms with Crippen molar-refractivity contribution in [1.82, 2.24) is 14.9 Å². The summed E-state index contributed by atoms with van der Waals surface area (Å²) < 4.78 is 27.0. The summed E-state index contributed by atoms with van der Waals surface area (Å²) in [5.41, 5.74) is 0.0547. The fourth-order valence-electron chi connectivity index (χ4n) is 2.61. The maximum absolute atomic E-state index is 12.1. The van der Waals surface area contributed by atoms with Gasteiger partial charge in [0.15, 0.2) is 0 Å². The molecule has 0 amide bonds. The molecule has 2 aliphatic rings. The van der Waals surface area contributed by atoms with Crippen LogP contribution < -0.4 is 10.0 Å². The molecule has 1 saturated carbocycles. The lowest BCUT2D eigenvalue weighted by molar-refractivity contribution is 0.0656. The first-order valence-corrected chi connectivity index (χ1v) is 7.88. The Morgan fingerprint density at radius 2 is 2.12 bits per heavy atom. The summed E-state index contributed by atoms with van der Waals surface area (Å²) in [5.74, 6) is 0. The summed E-state index contributed by atoms with van der Waals surface area (Å²) in [6, 6.07) is 0. The molecular formula is C11H23N3O2S. The SMILES string of the molecule is CN(C)C1(CNS(=O)(=O)C2CCNC2)CCC1. The van der Waals surface area contributed by atoms with E-state index < -0.39 is 10.0 Å². The second kappa shape index (κ2) is 4.84. The number of hydrogen-bond acceptors (Lipinski definition) is 4. The van der Waals surface area contributed by atoms with Crippen molar-refractivity contribution in [2.75, 3.05) is 33.7 Å². The summed E-state index contributed by atoms with van der Waals surface area (Å²) in [5, 5.41) is 2.85. The molecule has 2 fully saturated rings. The molecule has 0 aromatic heterocycles. The second-order valence-corrected chi connectivity index (χ2v) is 7.50. The van der Waals surface area contributed by atoms with Crippen LogP contribution in [0, 0.1) is 0 Å². The number of hydrogen-bond donors (Lipinski definition) is 2. The molecule has 0 aromatic rings. The highest BCUT2D eigenvalue weighted by Crippen LogP contribution is 2.35. The number of nitrogens with one attached hydrogen (secondary N) is 2. The molecule has 100 valence electrons. The zero-order valence-corrected chi connectivity index (χ0v) is 11.5. The van der Waals surface area contributed by atoms with E-state index in [4.69, 9.17) is 0 Å². The predicted molar refractivity (Wildman–Crippen MR) is 68.5 cm³/mol. The second-order valence-electron chi connectivity index (χ2n) is 5.45. The van der Waals surface area contributed by atoms with E-state index in [0.29, 0.717) is 13.1 Å². The van der Waals surface area contributed by atoms with Crippen LogP contribution in [0.1, 0.15) is 25.7 Å². The van der Waals surface area contributed by atoms with Crippen LogP contribution in [0.3, 0.4) is 0 Å². The Morgan fingerprint density at radius 3 is 2.53 bits per heavy atom. The molecule has 1 unspecified atom stereocenters. The van der Waals surface area contributed by atoms with Crippen LogP contribution in [-0.4, -0.2) is 57.8 Å². The zero-order valence-electron chi connectivity index (χ0n) is 10.7. The largest absolute Gasteiger partial charge is 0.315 e. The fraction of sp³-hybridized carbons (Fsp3) is 1.00. The van der Waals surface area contributed by atoms with Gasteiger partial charge in [0, 0.05) is 18.6 Å². The molecule has 0 spiro atoms. The van der Waals surface area contributed by atoms with Crippen LogP contribution in [0.2, 0.25) is 0 Å². The zero-order chi connectivity index (χ0) is 12.5. The van der Waals surface area contributed by atoms with Crippen molar-refractivity contribution in [1.29, 1.82) is 0 Å². The van der Waals surface area contributed by atoms with E-state index in [9.17, 15) is 8.42 Å². The maximum Gasteiger partial charge on any atom is 0.215 e. The van der Waals surface area contributed by atoms with Crippen molar-refractivity contribution in [3.8, 4) is 0 Å². The molecule has 2 N–H and O–H groups in total. The summed E-state index contributed by atoms with van der Waals surface area (Å²) in [7, 11) is 0.923. The van der Waals surface area contributed by atoms with Crippen molar-refractivity contribution in [2.45, 2.75) is 36.5 Å². The number of nitrogens with zero attached hydrogens (tertiary/aromatic N) is 1. The van der Waals surface area contributed by atoms with Crippen molar-refractivity contribution in [2.24, 2.45) is 0 Å². The quantitative estimate of drug-likeness (QED) is 0.716. The fourth-order valence-corrected chi connectivity index (χ4v) is 4.08. The van der Waals surface area contributed by atoms with Crippen LogP contribution in [-0.2, 0) is 10.0 Å². The van der Waals surface area contributed by atoms with Crippen LogP contribution >= 0.6 is 0 Å². The van der Waals surface area contributed by atoms with E-state index in [1.54, 1.807) is 0 Å². The maximum atomic E-state index is 12.1. The molecule has 0 radical (unpaired) electrons.